The lowest BCUT2D eigenvalue weighted by Crippen LogP contribution is -2.16. The van der Waals surface area contributed by atoms with Gasteiger partial charge in [-0.25, -0.2) is 0 Å². The summed E-state index contributed by atoms with van der Waals surface area (Å²) < 4.78 is 0. The zero-order valence-electron chi connectivity index (χ0n) is 32.6. The Morgan fingerprint density at radius 3 is 1.49 bits per heavy atom. The molecule has 2 unspecified atom stereocenters. The standard InChI is InChI=1S/C40H33N.C14H16/c1-28-14-24-36-37-25-23-35(27-39(37)40(2,3)38(36)26-28)41(33-19-15-31(16-20-33)29-10-6-4-7-11-29)34-21-17-32(18-22-34)30-12-8-5-9-13-30;1-11-7-3-5-9-13(11)14-10-6-4-8-12(14)2/h4-27H,1-3H3;3-11,13H,1-2H3. The van der Waals surface area contributed by atoms with Crippen LogP contribution in [0.25, 0.3) is 33.4 Å². The normalized spacial score (nSPS) is 16.1. The Balaban J connectivity index is 0.000000256. The van der Waals surface area contributed by atoms with E-state index in [2.05, 4.69) is 234 Å². The molecule has 2 aliphatic rings. The van der Waals surface area contributed by atoms with E-state index in [9.17, 15) is 0 Å². The monoisotopic (exact) mass is 711 g/mol. The molecule has 7 aromatic carbocycles. The molecule has 0 saturated heterocycles. The molecule has 2 atom stereocenters. The minimum Gasteiger partial charge on any atom is -0.310 e. The third kappa shape index (κ3) is 7.23. The average Bonchev–Trinajstić information content (AvgIpc) is 3.44. The van der Waals surface area contributed by atoms with Crippen LogP contribution >= 0.6 is 0 Å². The molecular formula is C54H49N. The first kappa shape index (κ1) is 35.8. The van der Waals surface area contributed by atoms with Crippen molar-refractivity contribution in [3.05, 3.63) is 222 Å². The van der Waals surface area contributed by atoms with Gasteiger partial charge in [0.05, 0.1) is 0 Å². The lowest BCUT2D eigenvalue weighted by atomic mass is 9.82. The Morgan fingerprint density at radius 2 is 0.927 bits per heavy atom. The van der Waals surface area contributed by atoms with Gasteiger partial charge in [-0.2, -0.15) is 0 Å². The van der Waals surface area contributed by atoms with Crippen LogP contribution in [0, 0.1) is 19.8 Å². The second-order valence-corrected chi connectivity index (χ2v) is 15.6. The second-order valence-electron chi connectivity index (χ2n) is 15.6. The first-order chi connectivity index (χ1) is 26.8. The van der Waals surface area contributed by atoms with E-state index in [-0.39, 0.29) is 5.41 Å². The van der Waals surface area contributed by atoms with Crippen LogP contribution in [0.15, 0.2) is 194 Å². The van der Waals surface area contributed by atoms with Crippen LogP contribution < -0.4 is 4.90 Å². The zero-order valence-corrected chi connectivity index (χ0v) is 32.6. The number of aryl methyl sites for hydroxylation is 2. The largest absolute Gasteiger partial charge is 0.310 e. The van der Waals surface area contributed by atoms with Gasteiger partial charge in [0.15, 0.2) is 0 Å². The third-order valence-electron chi connectivity index (χ3n) is 11.5. The van der Waals surface area contributed by atoms with E-state index < -0.39 is 0 Å². The van der Waals surface area contributed by atoms with E-state index in [4.69, 9.17) is 0 Å². The minimum atomic E-state index is -0.0628. The molecule has 270 valence electrons. The Morgan fingerprint density at radius 1 is 0.455 bits per heavy atom. The van der Waals surface area contributed by atoms with Crippen LogP contribution in [0.4, 0.5) is 17.1 Å². The highest BCUT2D eigenvalue weighted by atomic mass is 15.1. The molecule has 0 spiro atoms. The third-order valence-corrected chi connectivity index (χ3v) is 11.5. The summed E-state index contributed by atoms with van der Waals surface area (Å²) in [6.45, 7) is 11.4. The Hall–Kier alpha value is -6.18. The molecule has 9 rings (SSSR count). The molecule has 2 aliphatic carbocycles. The zero-order chi connectivity index (χ0) is 37.9. The molecule has 0 heterocycles. The number of allylic oxidation sites excluding steroid dienone is 4. The fourth-order valence-corrected chi connectivity index (χ4v) is 8.36. The van der Waals surface area contributed by atoms with Gasteiger partial charge in [0.1, 0.15) is 0 Å². The predicted molar refractivity (Wildman–Crippen MR) is 236 cm³/mol. The first-order valence-corrected chi connectivity index (χ1v) is 19.6. The highest BCUT2D eigenvalue weighted by Gasteiger charge is 2.36. The number of anilines is 3. The number of benzene rings is 7. The van der Waals surface area contributed by atoms with Crippen molar-refractivity contribution >= 4 is 17.1 Å². The van der Waals surface area contributed by atoms with Crippen LogP contribution in [-0.2, 0) is 5.41 Å². The van der Waals surface area contributed by atoms with Crippen molar-refractivity contribution < 1.29 is 0 Å². The van der Waals surface area contributed by atoms with Crippen molar-refractivity contribution in [2.24, 2.45) is 5.92 Å². The molecule has 1 nitrogen and oxygen atoms in total. The number of hydrogen-bond acceptors (Lipinski definition) is 1. The maximum atomic E-state index is 2.40. The Bertz CT molecular complexity index is 2380. The van der Waals surface area contributed by atoms with Gasteiger partial charge in [0.25, 0.3) is 0 Å². The molecule has 1 heteroatoms. The summed E-state index contributed by atoms with van der Waals surface area (Å²) >= 11 is 0. The smallest absolute Gasteiger partial charge is 0.0465 e. The molecule has 0 saturated carbocycles. The molecule has 55 heavy (non-hydrogen) atoms. The number of nitrogens with zero attached hydrogens (tertiary/aromatic N) is 1. The van der Waals surface area contributed by atoms with Gasteiger partial charge in [-0.3, -0.25) is 0 Å². The van der Waals surface area contributed by atoms with Gasteiger partial charge >= 0.3 is 0 Å². The van der Waals surface area contributed by atoms with Crippen LogP contribution in [-0.4, -0.2) is 0 Å². The average molecular weight is 712 g/mol. The van der Waals surface area contributed by atoms with Gasteiger partial charge in [-0.05, 0) is 112 Å². The molecule has 0 amide bonds. The van der Waals surface area contributed by atoms with Crippen molar-refractivity contribution in [1.82, 2.24) is 0 Å². The summed E-state index contributed by atoms with van der Waals surface area (Å²) in [7, 11) is 0. The topological polar surface area (TPSA) is 3.24 Å². The number of hydrogen-bond donors (Lipinski definition) is 0. The summed E-state index contributed by atoms with van der Waals surface area (Å²) in [6.07, 6.45) is 8.86. The lowest BCUT2D eigenvalue weighted by molar-refractivity contribution is 0.632. The quantitative estimate of drug-likeness (QED) is 0.166. The molecule has 0 aliphatic heterocycles. The molecule has 0 bridgehead atoms. The molecule has 0 N–H and O–H groups in total. The van der Waals surface area contributed by atoms with E-state index in [1.165, 1.54) is 66.9 Å². The highest BCUT2D eigenvalue weighted by molar-refractivity contribution is 5.86. The van der Waals surface area contributed by atoms with Gasteiger partial charge in [0, 0.05) is 28.4 Å². The Labute approximate surface area is 328 Å². The highest BCUT2D eigenvalue weighted by Crippen LogP contribution is 2.51. The summed E-state index contributed by atoms with van der Waals surface area (Å²) in [5.74, 6) is 1.17. The van der Waals surface area contributed by atoms with E-state index in [1.807, 2.05) is 0 Å². The maximum absolute atomic E-state index is 2.40. The molecule has 0 radical (unpaired) electrons. The maximum Gasteiger partial charge on any atom is 0.0465 e. The number of rotatable bonds is 6. The van der Waals surface area contributed by atoms with Gasteiger partial charge < -0.3 is 4.90 Å². The summed E-state index contributed by atoms with van der Waals surface area (Å²) in [6, 6.07) is 61.6. The van der Waals surface area contributed by atoms with Crippen molar-refractivity contribution in [3.63, 3.8) is 0 Å². The first-order valence-electron chi connectivity index (χ1n) is 19.6. The van der Waals surface area contributed by atoms with Gasteiger partial charge in [-0.1, -0.05) is 184 Å². The van der Waals surface area contributed by atoms with E-state index >= 15 is 0 Å². The summed E-state index contributed by atoms with van der Waals surface area (Å²) in [4.78, 5) is 2.38. The predicted octanol–water partition coefficient (Wildman–Crippen LogP) is 14.9. The van der Waals surface area contributed by atoms with Crippen LogP contribution in [0.5, 0.6) is 0 Å². The molecule has 7 aromatic rings. The van der Waals surface area contributed by atoms with Crippen LogP contribution in [0.2, 0.25) is 0 Å². The van der Waals surface area contributed by atoms with Crippen molar-refractivity contribution in [3.8, 4) is 33.4 Å². The van der Waals surface area contributed by atoms with Crippen LogP contribution in [0.1, 0.15) is 54.5 Å². The fraction of sp³-hybridized carbons (Fsp3) is 0.148. The summed E-state index contributed by atoms with van der Waals surface area (Å²) in [5, 5.41) is 0. The summed E-state index contributed by atoms with van der Waals surface area (Å²) in [5.41, 5.74) is 17.9. The molecule has 0 fully saturated rings. The molecular weight excluding hydrogens is 663 g/mol. The van der Waals surface area contributed by atoms with E-state index in [0.29, 0.717) is 11.8 Å². The van der Waals surface area contributed by atoms with E-state index in [1.54, 1.807) is 0 Å². The van der Waals surface area contributed by atoms with Gasteiger partial charge in [-0.15, -0.1) is 0 Å². The SMILES string of the molecule is Cc1ccc2c(c1)C(C)(C)c1cc(N(c3ccc(-c4ccccc4)cc3)c3ccc(-c4ccccc4)cc3)ccc1-2.Cc1ccccc1C1C=CC=CC1C. The minimum absolute atomic E-state index is 0.0628. The number of fused-ring (bicyclic) bond motifs is 3. The Kier molecular flexibility index (Phi) is 9.96. The second kappa shape index (κ2) is 15.3. The van der Waals surface area contributed by atoms with Gasteiger partial charge in [0.2, 0.25) is 0 Å². The fourth-order valence-electron chi connectivity index (χ4n) is 8.36. The van der Waals surface area contributed by atoms with Crippen molar-refractivity contribution in [1.29, 1.82) is 0 Å². The van der Waals surface area contributed by atoms with Crippen molar-refractivity contribution in [2.45, 2.75) is 46.0 Å². The van der Waals surface area contributed by atoms with Crippen LogP contribution in [0.3, 0.4) is 0 Å². The lowest BCUT2D eigenvalue weighted by Gasteiger charge is -2.28. The van der Waals surface area contributed by atoms with Crippen molar-refractivity contribution in [2.75, 3.05) is 4.90 Å². The van der Waals surface area contributed by atoms with E-state index in [0.717, 1.165) is 11.4 Å². The molecule has 0 aromatic heterocycles.